The quantitative estimate of drug-likeness (QED) is 0.777. The van der Waals surface area contributed by atoms with Crippen LogP contribution in [0.2, 0.25) is 0 Å². The highest BCUT2D eigenvalue weighted by Crippen LogP contribution is 2.43. The number of rotatable bonds is 3. The monoisotopic (exact) mass is 404 g/mol. The highest BCUT2D eigenvalue weighted by Gasteiger charge is 2.37. The minimum atomic E-state index is -0.639. The Morgan fingerprint density at radius 1 is 1.52 bits per heavy atom. The van der Waals surface area contributed by atoms with Crippen LogP contribution in [0.3, 0.4) is 0 Å². The number of allylic oxidation sites excluding steroid dienone is 2. The summed E-state index contributed by atoms with van der Waals surface area (Å²) in [4.78, 5) is 12.5. The fourth-order valence-corrected chi connectivity index (χ4v) is 3.77. The smallest absolute Gasteiger partial charge is 0.338 e. The number of nitriles is 1. The van der Waals surface area contributed by atoms with Gasteiger partial charge in [0.2, 0.25) is 5.88 Å². The van der Waals surface area contributed by atoms with Crippen molar-refractivity contribution in [1.82, 2.24) is 0 Å². The summed E-state index contributed by atoms with van der Waals surface area (Å²) in [7, 11) is 0. The van der Waals surface area contributed by atoms with Crippen LogP contribution in [0.4, 0.5) is 0 Å². The zero-order valence-corrected chi connectivity index (χ0v) is 15.5. The molecule has 0 fully saturated rings. The Morgan fingerprint density at radius 2 is 2.28 bits per heavy atom. The molecule has 1 atom stereocenters. The molecule has 7 heteroatoms. The standard InChI is InChI=1S/C18H17BrN2O4/c1-3-23-18(22)14-9(2)25-17(21)12(8-20)15(14)11-6-10-4-5-24-16(10)13(19)7-11/h6-7,15H,3-5,21H2,1-2H3. The normalized spacial score (nSPS) is 19.0. The van der Waals surface area contributed by atoms with Crippen LogP contribution in [0.25, 0.3) is 0 Å². The molecule has 25 heavy (non-hydrogen) atoms. The van der Waals surface area contributed by atoms with Gasteiger partial charge in [0.15, 0.2) is 0 Å². The molecular formula is C18H17BrN2O4. The first kappa shape index (κ1) is 17.4. The van der Waals surface area contributed by atoms with Gasteiger partial charge in [-0.3, -0.25) is 0 Å². The van der Waals surface area contributed by atoms with Crippen LogP contribution in [0, 0.1) is 11.3 Å². The molecule has 2 aliphatic rings. The number of carbonyl (C=O) groups is 1. The first-order valence-electron chi connectivity index (χ1n) is 7.88. The molecule has 0 aliphatic carbocycles. The number of benzene rings is 1. The number of ether oxygens (including phenoxy) is 3. The molecule has 1 aromatic rings. The lowest BCUT2D eigenvalue weighted by molar-refractivity contribution is -0.139. The van der Waals surface area contributed by atoms with E-state index in [-0.39, 0.29) is 18.1 Å². The molecule has 0 saturated heterocycles. The number of halogens is 1. The van der Waals surface area contributed by atoms with Crippen molar-refractivity contribution in [2.75, 3.05) is 13.2 Å². The average Bonchev–Trinajstić information content (AvgIpc) is 3.03. The summed E-state index contributed by atoms with van der Waals surface area (Å²) in [5, 5.41) is 9.59. The van der Waals surface area contributed by atoms with Gasteiger partial charge in [0.05, 0.1) is 29.2 Å². The molecule has 2 heterocycles. The van der Waals surface area contributed by atoms with Gasteiger partial charge in [0.1, 0.15) is 23.2 Å². The van der Waals surface area contributed by atoms with E-state index in [0.29, 0.717) is 17.9 Å². The van der Waals surface area contributed by atoms with Crippen LogP contribution in [-0.4, -0.2) is 19.2 Å². The van der Waals surface area contributed by atoms with Crippen LogP contribution in [0.5, 0.6) is 5.75 Å². The maximum atomic E-state index is 12.5. The number of hydrogen-bond acceptors (Lipinski definition) is 6. The Balaban J connectivity index is 2.17. The number of esters is 1. The third-order valence-electron chi connectivity index (χ3n) is 4.19. The van der Waals surface area contributed by atoms with E-state index in [1.54, 1.807) is 13.8 Å². The van der Waals surface area contributed by atoms with Crippen LogP contribution >= 0.6 is 15.9 Å². The minimum Gasteiger partial charge on any atom is -0.492 e. The summed E-state index contributed by atoms with van der Waals surface area (Å²) in [6.45, 7) is 4.20. The molecular weight excluding hydrogens is 388 g/mol. The van der Waals surface area contributed by atoms with E-state index in [1.165, 1.54) is 0 Å². The van der Waals surface area contributed by atoms with Gasteiger partial charge in [-0.05, 0) is 47.0 Å². The van der Waals surface area contributed by atoms with Crippen molar-refractivity contribution >= 4 is 21.9 Å². The van der Waals surface area contributed by atoms with Crippen molar-refractivity contribution in [3.8, 4) is 11.8 Å². The summed E-state index contributed by atoms with van der Waals surface area (Å²) in [5.74, 6) is -0.0125. The Bertz CT molecular complexity index is 851. The molecule has 0 radical (unpaired) electrons. The molecule has 0 bridgehead atoms. The Kier molecular flexibility index (Phi) is 4.73. The largest absolute Gasteiger partial charge is 0.492 e. The van der Waals surface area contributed by atoms with Crippen molar-refractivity contribution in [3.63, 3.8) is 0 Å². The summed E-state index contributed by atoms with van der Waals surface area (Å²) >= 11 is 3.51. The van der Waals surface area contributed by atoms with Crippen molar-refractivity contribution in [2.45, 2.75) is 26.2 Å². The maximum absolute atomic E-state index is 12.5. The minimum absolute atomic E-state index is 0.00548. The highest BCUT2D eigenvalue weighted by molar-refractivity contribution is 9.10. The summed E-state index contributed by atoms with van der Waals surface area (Å²) in [5.41, 5.74) is 8.18. The van der Waals surface area contributed by atoms with Crippen LogP contribution in [0.1, 0.15) is 30.9 Å². The van der Waals surface area contributed by atoms with Crippen molar-refractivity contribution < 1.29 is 19.0 Å². The Hall–Kier alpha value is -2.46. The van der Waals surface area contributed by atoms with Gasteiger partial charge in [0, 0.05) is 6.42 Å². The number of nitrogens with zero attached hydrogens (tertiary/aromatic N) is 1. The summed E-state index contributed by atoms with van der Waals surface area (Å²) in [6, 6.07) is 5.87. The molecule has 0 aromatic heterocycles. The molecule has 0 amide bonds. The second-order valence-corrected chi connectivity index (χ2v) is 6.56. The first-order chi connectivity index (χ1) is 12.0. The molecule has 130 valence electrons. The fourth-order valence-electron chi connectivity index (χ4n) is 3.14. The van der Waals surface area contributed by atoms with E-state index in [4.69, 9.17) is 19.9 Å². The second-order valence-electron chi connectivity index (χ2n) is 5.70. The maximum Gasteiger partial charge on any atom is 0.338 e. The third-order valence-corrected chi connectivity index (χ3v) is 4.78. The predicted octanol–water partition coefficient (Wildman–Crippen LogP) is 3.03. The SMILES string of the molecule is CCOC(=O)C1=C(C)OC(N)=C(C#N)C1c1cc(Br)c2c(c1)CCO2. The van der Waals surface area contributed by atoms with Crippen molar-refractivity contribution in [1.29, 1.82) is 5.26 Å². The predicted molar refractivity (Wildman–Crippen MR) is 93.3 cm³/mol. The second kappa shape index (κ2) is 6.81. The first-order valence-corrected chi connectivity index (χ1v) is 8.67. The van der Waals surface area contributed by atoms with E-state index < -0.39 is 11.9 Å². The number of carbonyl (C=O) groups excluding carboxylic acids is 1. The molecule has 6 nitrogen and oxygen atoms in total. The van der Waals surface area contributed by atoms with Gasteiger partial charge in [0.25, 0.3) is 0 Å². The van der Waals surface area contributed by atoms with Crippen LogP contribution < -0.4 is 10.5 Å². The molecule has 0 spiro atoms. The number of nitrogens with two attached hydrogens (primary N) is 1. The molecule has 0 saturated carbocycles. The van der Waals surface area contributed by atoms with Gasteiger partial charge >= 0.3 is 5.97 Å². The topological polar surface area (TPSA) is 94.6 Å². The summed E-state index contributed by atoms with van der Waals surface area (Å²) < 4.78 is 17.0. The lowest BCUT2D eigenvalue weighted by Gasteiger charge is -2.27. The molecule has 3 rings (SSSR count). The molecule has 2 aliphatic heterocycles. The van der Waals surface area contributed by atoms with Gasteiger partial charge in [-0.1, -0.05) is 6.07 Å². The lowest BCUT2D eigenvalue weighted by Crippen LogP contribution is -2.25. The van der Waals surface area contributed by atoms with E-state index >= 15 is 0 Å². The molecule has 1 unspecified atom stereocenters. The number of hydrogen-bond donors (Lipinski definition) is 1. The van der Waals surface area contributed by atoms with E-state index in [2.05, 4.69) is 22.0 Å². The van der Waals surface area contributed by atoms with Gasteiger partial charge in [-0.15, -0.1) is 0 Å². The van der Waals surface area contributed by atoms with Gasteiger partial charge < -0.3 is 19.9 Å². The van der Waals surface area contributed by atoms with Crippen LogP contribution in [-0.2, 0) is 20.7 Å². The molecule has 1 aromatic carbocycles. The highest BCUT2D eigenvalue weighted by atomic mass is 79.9. The Morgan fingerprint density at radius 3 is 2.96 bits per heavy atom. The zero-order valence-electron chi connectivity index (χ0n) is 13.9. The zero-order chi connectivity index (χ0) is 18.1. The average molecular weight is 405 g/mol. The van der Waals surface area contributed by atoms with Crippen LogP contribution in [0.15, 0.2) is 39.4 Å². The van der Waals surface area contributed by atoms with Gasteiger partial charge in [-0.2, -0.15) is 5.26 Å². The van der Waals surface area contributed by atoms with Crippen molar-refractivity contribution in [3.05, 3.63) is 50.5 Å². The Labute approximate surface area is 154 Å². The number of fused-ring (bicyclic) bond motifs is 1. The van der Waals surface area contributed by atoms with E-state index in [0.717, 1.165) is 27.8 Å². The molecule has 2 N–H and O–H groups in total. The lowest BCUT2D eigenvalue weighted by atomic mass is 9.82. The van der Waals surface area contributed by atoms with Gasteiger partial charge in [-0.25, -0.2) is 4.79 Å². The fraction of sp³-hybridized carbons (Fsp3) is 0.333. The van der Waals surface area contributed by atoms with E-state index in [1.807, 2.05) is 12.1 Å². The van der Waals surface area contributed by atoms with E-state index in [9.17, 15) is 10.1 Å². The third kappa shape index (κ3) is 2.98. The summed E-state index contributed by atoms with van der Waals surface area (Å²) in [6.07, 6.45) is 0.767. The van der Waals surface area contributed by atoms with Crippen molar-refractivity contribution in [2.24, 2.45) is 5.73 Å².